The fourth-order valence-electron chi connectivity index (χ4n) is 2.27. The highest BCUT2D eigenvalue weighted by molar-refractivity contribution is 5.21. The minimum absolute atomic E-state index is 0.236. The van der Waals surface area contributed by atoms with E-state index in [1.807, 2.05) is 0 Å². The summed E-state index contributed by atoms with van der Waals surface area (Å²) in [6.07, 6.45) is 2.41. The fraction of sp³-hybridized carbons (Fsp3) is 0.538. The molecule has 0 bridgehead atoms. The van der Waals surface area contributed by atoms with Crippen molar-refractivity contribution in [3.63, 3.8) is 0 Å². The summed E-state index contributed by atoms with van der Waals surface area (Å²) in [5.41, 5.74) is 5.70. The van der Waals surface area contributed by atoms with Crippen molar-refractivity contribution in [2.45, 2.75) is 18.9 Å². The average molecular weight is 238 g/mol. The second-order valence-electron chi connectivity index (χ2n) is 4.37. The molecule has 1 heterocycles. The summed E-state index contributed by atoms with van der Waals surface area (Å²) in [6.45, 7) is 3.34. The van der Waals surface area contributed by atoms with Crippen LogP contribution in [0.2, 0.25) is 0 Å². The third-order valence-electron chi connectivity index (χ3n) is 3.23. The Morgan fingerprint density at radius 2 is 2.12 bits per heavy atom. The molecule has 0 radical (unpaired) electrons. The summed E-state index contributed by atoms with van der Waals surface area (Å²) < 4.78 is 18.2. The van der Waals surface area contributed by atoms with Crippen molar-refractivity contribution >= 4 is 0 Å². The van der Waals surface area contributed by atoms with Gasteiger partial charge in [-0.25, -0.2) is 4.39 Å². The van der Waals surface area contributed by atoms with Gasteiger partial charge in [0.2, 0.25) is 0 Å². The van der Waals surface area contributed by atoms with E-state index in [0.29, 0.717) is 12.6 Å². The molecule has 0 amide bonds. The molecule has 1 aliphatic rings. The molecule has 1 aromatic carbocycles. The summed E-state index contributed by atoms with van der Waals surface area (Å²) in [5, 5.41) is 0. The lowest BCUT2D eigenvalue weighted by Gasteiger charge is -2.22. The normalized spacial score (nSPS) is 20.7. The predicted molar refractivity (Wildman–Crippen MR) is 65.5 cm³/mol. The van der Waals surface area contributed by atoms with Crippen molar-refractivity contribution in [2.24, 2.45) is 5.73 Å². The fourth-order valence-corrected chi connectivity index (χ4v) is 2.27. The summed E-state index contributed by atoms with van der Waals surface area (Å²) >= 11 is 0. The van der Waals surface area contributed by atoms with Crippen LogP contribution < -0.4 is 10.5 Å². The summed E-state index contributed by atoms with van der Waals surface area (Å²) in [6, 6.07) is 6.63. The molecule has 1 unspecified atom stereocenters. The lowest BCUT2D eigenvalue weighted by Crippen LogP contribution is -2.37. The van der Waals surface area contributed by atoms with Gasteiger partial charge < -0.3 is 10.5 Å². The monoisotopic (exact) mass is 238 g/mol. The van der Waals surface area contributed by atoms with E-state index in [1.54, 1.807) is 12.1 Å². The Morgan fingerprint density at radius 3 is 2.82 bits per heavy atom. The number of hydrogen-bond acceptors (Lipinski definition) is 3. The molecule has 1 saturated heterocycles. The van der Waals surface area contributed by atoms with E-state index < -0.39 is 0 Å². The van der Waals surface area contributed by atoms with E-state index in [4.69, 9.17) is 10.5 Å². The van der Waals surface area contributed by atoms with E-state index in [2.05, 4.69) is 4.90 Å². The summed E-state index contributed by atoms with van der Waals surface area (Å²) in [5.74, 6) is 0.481. The zero-order chi connectivity index (χ0) is 12.1. The molecule has 0 saturated carbocycles. The molecule has 2 N–H and O–H groups in total. The van der Waals surface area contributed by atoms with Crippen LogP contribution in [0.5, 0.6) is 5.75 Å². The summed E-state index contributed by atoms with van der Waals surface area (Å²) in [7, 11) is 0. The first-order valence-corrected chi connectivity index (χ1v) is 6.12. The maximum atomic E-state index is 12.7. The van der Waals surface area contributed by atoms with Crippen LogP contribution >= 0.6 is 0 Å². The molecule has 3 nitrogen and oxygen atoms in total. The van der Waals surface area contributed by atoms with Crippen LogP contribution in [0.3, 0.4) is 0 Å². The van der Waals surface area contributed by atoms with Crippen LogP contribution in [0.15, 0.2) is 24.3 Å². The van der Waals surface area contributed by atoms with Crippen molar-refractivity contribution in [1.82, 2.24) is 4.90 Å². The SMILES string of the molecule is NCC1CCCN1CCOc1ccc(F)cc1. The molecule has 1 fully saturated rings. The van der Waals surface area contributed by atoms with Gasteiger partial charge in [0, 0.05) is 19.1 Å². The van der Waals surface area contributed by atoms with E-state index in [1.165, 1.54) is 25.0 Å². The highest BCUT2D eigenvalue weighted by Crippen LogP contribution is 2.16. The van der Waals surface area contributed by atoms with Gasteiger partial charge in [0.05, 0.1) is 0 Å². The number of rotatable bonds is 5. The number of nitrogens with zero attached hydrogens (tertiary/aromatic N) is 1. The van der Waals surface area contributed by atoms with Gasteiger partial charge >= 0.3 is 0 Å². The Hall–Kier alpha value is -1.13. The maximum Gasteiger partial charge on any atom is 0.123 e. The molecular weight excluding hydrogens is 219 g/mol. The van der Waals surface area contributed by atoms with Gasteiger partial charge in [-0.3, -0.25) is 4.90 Å². The zero-order valence-electron chi connectivity index (χ0n) is 9.94. The Bertz CT molecular complexity index is 342. The van der Waals surface area contributed by atoms with E-state index in [9.17, 15) is 4.39 Å². The summed E-state index contributed by atoms with van der Waals surface area (Å²) in [4.78, 5) is 2.36. The molecule has 0 aromatic heterocycles. The quantitative estimate of drug-likeness (QED) is 0.847. The van der Waals surface area contributed by atoms with Gasteiger partial charge in [-0.1, -0.05) is 0 Å². The number of ether oxygens (including phenoxy) is 1. The van der Waals surface area contributed by atoms with Gasteiger partial charge in [-0.15, -0.1) is 0 Å². The number of halogens is 1. The molecule has 1 atom stereocenters. The van der Waals surface area contributed by atoms with Crippen molar-refractivity contribution in [3.8, 4) is 5.75 Å². The Kier molecular flexibility index (Phi) is 4.34. The van der Waals surface area contributed by atoms with Crippen LogP contribution in [-0.4, -0.2) is 37.2 Å². The highest BCUT2D eigenvalue weighted by Gasteiger charge is 2.22. The first kappa shape index (κ1) is 12.3. The maximum absolute atomic E-state index is 12.7. The predicted octanol–water partition coefficient (Wildman–Crippen LogP) is 1.63. The number of hydrogen-bond donors (Lipinski definition) is 1. The second-order valence-corrected chi connectivity index (χ2v) is 4.37. The van der Waals surface area contributed by atoms with Crippen molar-refractivity contribution in [2.75, 3.05) is 26.2 Å². The van der Waals surface area contributed by atoms with Gasteiger partial charge in [0.25, 0.3) is 0 Å². The second kappa shape index (κ2) is 5.98. The molecule has 0 spiro atoms. The average Bonchev–Trinajstić information content (AvgIpc) is 2.79. The van der Waals surface area contributed by atoms with Crippen molar-refractivity contribution in [3.05, 3.63) is 30.1 Å². The molecule has 17 heavy (non-hydrogen) atoms. The Morgan fingerprint density at radius 1 is 1.35 bits per heavy atom. The molecule has 0 aliphatic carbocycles. The molecule has 1 aliphatic heterocycles. The van der Waals surface area contributed by atoms with Crippen LogP contribution in [0.25, 0.3) is 0 Å². The molecular formula is C13H19FN2O. The Labute approximate surface area is 101 Å². The van der Waals surface area contributed by atoms with Gasteiger partial charge in [0.15, 0.2) is 0 Å². The van der Waals surface area contributed by atoms with Crippen LogP contribution in [0.1, 0.15) is 12.8 Å². The molecule has 4 heteroatoms. The third kappa shape index (κ3) is 3.41. The highest BCUT2D eigenvalue weighted by atomic mass is 19.1. The topological polar surface area (TPSA) is 38.5 Å². The molecule has 94 valence electrons. The lowest BCUT2D eigenvalue weighted by molar-refractivity contribution is 0.199. The van der Waals surface area contributed by atoms with Gasteiger partial charge in [-0.2, -0.15) is 0 Å². The van der Waals surface area contributed by atoms with E-state index in [-0.39, 0.29) is 5.82 Å². The smallest absolute Gasteiger partial charge is 0.123 e. The van der Waals surface area contributed by atoms with Crippen LogP contribution in [-0.2, 0) is 0 Å². The van der Waals surface area contributed by atoms with Crippen molar-refractivity contribution < 1.29 is 9.13 Å². The molecule has 2 rings (SSSR count). The third-order valence-corrected chi connectivity index (χ3v) is 3.23. The minimum Gasteiger partial charge on any atom is -0.492 e. The Balaban J connectivity index is 1.74. The van der Waals surface area contributed by atoms with E-state index >= 15 is 0 Å². The number of nitrogens with two attached hydrogens (primary N) is 1. The number of likely N-dealkylation sites (tertiary alicyclic amines) is 1. The van der Waals surface area contributed by atoms with Gasteiger partial charge in [0.1, 0.15) is 18.2 Å². The first-order chi connectivity index (χ1) is 8.29. The lowest BCUT2D eigenvalue weighted by atomic mass is 10.2. The minimum atomic E-state index is -0.236. The molecule has 1 aromatic rings. The van der Waals surface area contributed by atoms with Crippen LogP contribution in [0.4, 0.5) is 4.39 Å². The van der Waals surface area contributed by atoms with Crippen LogP contribution in [0, 0.1) is 5.82 Å². The van der Waals surface area contributed by atoms with Gasteiger partial charge in [-0.05, 0) is 43.7 Å². The van der Waals surface area contributed by atoms with Crippen molar-refractivity contribution in [1.29, 1.82) is 0 Å². The first-order valence-electron chi connectivity index (χ1n) is 6.12. The number of benzene rings is 1. The zero-order valence-corrected chi connectivity index (χ0v) is 9.94. The largest absolute Gasteiger partial charge is 0.492 e. The standard InChI is InChI=1S/C13H19FN2O/c14-11-3-5-13(6-4-11)17-9-8-16-7-1-2-12(16)10-15/h3-6,12H,1-2,7-10,15H2. The van der Waals surface area contributed by atoms with E-state index in [0.717, 1.165) is 25.4 Å².